The van der Waals surface area contributed by atoms with Gasteiger partial charge in [-0.3, -0.25) is 4.99 Å². The van der Waals surface area contributed by atoms with Gasteiger partial charge in [0.25, 0.3) is 0 Å². The summed E-state index contributed by atoms with van der Waals surface area (Å²) in [6.07, 6.45) is 1.13. The third kappa shape index (κ3) is 4.52. The van der Waals surface area contributed by atoms with E-state index in [0.29, 0.717) is 0 Å². The van der Waals surface area contributed by atoms with E-state index < -0.39 is 0 Å². The van der Waals surface area contributed by atoms with E-state index in [4.69, 9.17) is 0 Å². The second-order valence-corrected chi connectivity index (χ2v) is 5.33. The second-order valence-electron chi connectivity index (χ2n) is 4.40. The van der Waals surface area contributed by atoms with Gasteiger partial charge in [0.05, 0.1) is 5.00 Å². The van der Waals surface area contributed by atoms with E-state index in [-0.39, 0.29) is 24.0 Å². The molecule has 0 radical (unpaired) electrons. The minimum absolute atomic E-state index is 0. The summed E-state index contributed by atoms with van der Waals surface area (Å²) in [5.41, 5.74) is 0. The van der Waals surface area contributed by atoms with Crippen molar-refractivity contribution in [3.05, 3.63) is 17.5 Å². The van der Waals surface area contributed by atoms with Crippen molar-refractivity contribution in [1.82, 2.24) is 10.2 Å². The number of nitrogens with one attached hydrogen (secondary N) is 1. The Morgan fingerprint density at radius 1 is 1.37 bits per heavy atom. The number of rotatable bonds is 3. The highest BCUT2D eigenvalue weighted by Gasteiger charge is 2.19. The lowest BCUT2D eigenvalue weighted by atomic mass is 10.3. The van der Waals surface area contributed by atoms with E-state index in [9.17, 15) is 0 Å². The SMILES string of the molecule is CCCNC(=NC)N1CCN(c2cccs2)CC1.I. The number of thiophene rings is 1. The Kier molecular flexibility index (Phi) is 7.52. The first kappa shape index (κ1) is 16.6. The second kappa shape index (κ2) is 8.63. The topological polar surface area (TPSA) is 30.9 Å². The molecule has 19 heavy (non-hydrogen) atoms. The van der Waals surface area contributed by atoms with Crippen LogP contribution in [0, 0.1) is 0 Å². The average Bonchev–Trinajstić information content (AvgIpc) is 2.94. The van der Waals surface area contributed by atoms with Crippen molar-refractivity contribution in [3.8, 4) is 0 Å². The molecule has 0 aliphatic carbocycles. The largest absolute Gasteiger partial charge is 0.360 e. The number of anilines is 1. The van der Waals surface area contributed by atoms with Gasteiger partial charge in [-0.25, -0.2) is 0 Å². The molecule has 108 valence electrons. The predicted molar refractivity (Wildman–Crippen MR) is 95.2 cm³/mol. The lowest BCUT2D eigenvalue weighted by Crippen LogP contribution is -2.52. The Balaban J connectivity index is 0.00000180. The smallest absolute Gasteiger partial charge is 0.193 e. The molecule has 0 saturated carbocycles. The highest BCUT2D eigenvalue weighted by atomic mass is 127. The van der Waals surface area contributed by atoms with Crippen molar-refractivity contribution in [1.29, 1.82) is 0 Å². The van der Waals surface area contributed by atoms with Crippen LogP contribution in [-0.4, -0.2) is 50.6 Å². The summed E-state index contributed by atoms with van der Waals surface area (Å²) in [6.45, 7) is 7.41. The Bertz CT molecular complexity index is 372. The van der Waals surface area contributed by atoms with Crippen LogP contribution >= 0.6 is 35.3 Å². The van der Waals surface area contributed by atoms with Crippen LogP contribution in [0.1, 0.15) is 13.3 Å². The van der Waals surface area contributed by atoms with Gasteiger partial charge in [0.2, 0.25) is 0 Å². The number of piperazine rings is 1. The molecule has 1 aromatic rings. The van der Waals surface area contributed by atoms with Gasteiger partial charge < -0.3 is 15.1 Å². The monoisotopic (exact) mass is 394 g/mol. The number of hydrogen-bond donors (Lipinski definition) is 1. The molecule has 0 bridgehead atoms. The molecule has 2 heterocycles. The normalized spacial score (nSPS) is 16.2. The van der Waals surface area contributed by atoms with Gasteiger partial charge in [0, 0.05) is 39.8 Å². The molecule has 1 aromatic heterocycles. The van der Waals surface area contributed by atoms with Crippen LogP contribution in [0.15, 0.2) is 22.5 Å². The summed E-state index contributed by atoms with van der Waals surface area (Å²) >= 11 is 1.82. The molecular weight excluding hydrogens is 371 g/mol. The van der Waals surface area contributed by atoms with Gasteiger partial charge in [-0.2, -0.15) is 0 Å². The molecule has 0 unspecified atom stereocenters. The molecule has 1 aliphatic heterocycles. The number of guanidine groups is 1. The van der Waals surface area contributed by atoms with Gasteiger partial charge in [-0.05, 0) is 23.9 Å². The van der Waals surface area contributed by atoms with Gasteiger partial charge in [0.15, 0.2) is 5.96 Å². The first-order valence-corrected chi connectivity index (χ1v) is 7.47. The van der Waals surface area contributed by atoms with Crippen LogP contribution in [0.4, 0.5) is 5.00 Å². The molecule has 1 fully saturated rings. The molecule has 4 nitrogen and oxygen atoms in total. The van der Waals surface area contributed by atoms with E-state index >= 15 is 0 Å². The fourth-order valence-electron chi connectivity index (χ4n) is 2.16. The maximum atomic E-state index is 4.35. The van der Waals surface area contributed by atoms with E-state index in [2.05, 4.69) is 44.5 Å². The molecule has 1 saturated heterocycles. The van der Waals surface area contributed by atoms with E-state index in [1.165, 1.54) is 5.00 Å². The highest BCUT2D eigenvalue weighted by Crippen LogP contribution is 2.22. The van der Waals surface area contributed by atoms with Crippen molar-refractivity contribution in [2.45, 2.75) is 13.3 Å². The molecule has 0 aromatic carbocycles. The summed E-state index contributed by atoms with van der Waals surface area (Å²) in [4.78, 5) is 9.15. The van der Waals surface area contributed by atoms with Crippen LogP contribution in [0.2, 0.25) is 0 Å². The summed E-state index contributed by atoms with van der Waals surface area (Å²) in [5, 5.41) is 6.92. The minimum Gasteiger partial charge on any atom is -0.360 e. The zero-order chi connectivity index (χ0) is 12.8. The van der Waals surface area contributed by atoms with Gasteiger partial charge >= 0.3 is 0 Å². The van der Waals surface area contributed by atoms with Crippen LogP contribution in [0.25, 0.3) is 0 Å². The predicted octanol–water partition coefficient (Wildman–Crippen LogP) is 2.47. The number of halogens is 1. The molecule has 2 rings (SSSR count). The fourth-order valence-corrected chi connectivity index (χ4v) is 2.94. The molecule has 0 spiro atoms. The lowest BCUT2D eigenvalue weighted by molar-refractivity contribution is 0.373. The third-order valence-electron chi connectivity index (χ3n) is 3.14. The molecule has 0 amide bonds. The van der Waals surface area contributed by atoms with Gasteiger partial charge in [0.1, 0.15) is 0 Å². The first-order chi connectivity index (χ1) is 8.85. The summed E-state index contributed by atoms with van der Waals surface area (Å²) in [5.74, 6) is 1.04. The van der Waals surface area contributed by atoms with Crippen molar-refractivity contribution >= 4 is 46.3 Å². The fraction of sp³-hybridized carbons (Fsp3) is 0.615. The van der Waals surface area contributed by atoms with Crippen molar-refractivity contribution < 1.29 is 0 Å². The van der Waals surface area contributed by atoms with Crippen LogP contribution < -0.4 is 10.2 Å². The van der Waals surface area contributed by atoms with Crippen molar-refractivity contribution in [2.75, 3.05) is 44.7 Å². The number of aliphatic imine (C=N–C) groups is 1. The van der Waals surface area contributed by atoms with Gasteiger partial charge in [-0.15, -0.1) is 35.3 Å². The van der Waals surface area contributed by atoms with E-state index in [1.807, 2.05) is 18.4 Å². The number of nitrogens with zero attached hydrogens (tertiary/aromatic N) is 3. The van der Waals surface area contributed by atoms with Crippen LogP contribution in [0.3, 0.4) is 0 Å². The summed E-state index contributed by atoms with van der Waals surface area (Å²) in [7, 11) is 1.86. The summed E-state index contributed by atoms with van der Waals surface area (Å²) < 4.78 is 0. The van der Waals surface area contributed by atoms with E-state index in [0.717, 1.165) is 45.1 Å². The Morgan fingerprint density at radius 3 is 2.63 bits per heavy atom. The molecular formula is C13H23IN4S. The van der Waals surface area contributed by atoms with E-state index in [1.54, 1.807) is 0 Å². The quantitative estimate of drug-likeness (QED) is 0.486. The standard InChI is InChI=1S/C13H22N4S.HI/c1-3-6-15-13(14-2)17-9-7-16(8-10-17)12-5-4-11-18-12;/h4-5,11H,3,6-10H2,1-2H3,(H,14,15);1H. The molecule has 6 heteroatoms. The average molecular weight is 394 g/mol. The zero-order valence-corrected chi connectivity index (χ0v) is 14.8. The van der Waals surface area contributed by atoms with Crippen molar-refractivity contribution in [2.24, 2.45) is 4.99 Å². The Labute approximate surface area is 136 Å². The lowest BCUT2D eigenvalue weighted by Gasteiger charge is -2.37. The highest BCUT2D eigenvalue weighted by molar-refractivity contribution is 14.0. The maximum absolute atomic E-state index is 4.35. The molecule has 0 atom stereocenters. The molecule has 1 N–H and O–H groups in total. The molecule has 1 aliphatic rings. The summed E-state index contributed by atoms with van der Waals surface area (Å²) in [6, 6.07) is 4.32. The van der Waals surface area contributed by atoms with Crippen molar-refractivity contribution in [3.63, 3.8) is 0 Å². The maximum Gasteiger partial charge on any atom is 0.193 e. The third-order valence-corrected chi connectivity index (χ3v) is 4.07. The Hall–Kier alpha value is -0.500. The zero-order valence-electron chi connectivity index (χ0n) is 11.6. The minimum atomic E-state index is 0. The van der Waals surface area contributed by atoms with Crippen LogP contribution in [0.5, 0.6) is 0 Å². The van der Waals surface area contributed by atoms with Gasteiger partial charge in [-0.1, -0.05) is 6.92 Å². The first-order valence-electron chi connectivity index (χ1n) is 6.59. The Morgan fingerprint density at radius 2 is 2.11 bits per heavy atom. The van der Waals surface area contributed by atoms with Crippen LogP contribution in [-0.2, 0) is 0 Å². The number of hydrogen-bond acceptors (Lipinski definition) is 3.